The van der Waals surface area contributed by atoms with E-state index in [0.717, 1.165) is 0 Å². The molecule has 0 aliphatic carbocycles. The van der Waals surface area contributed by atoms with Crippen LogP contribution in [0.1, 0.15) is 23.7 Å². The third-order valence-electron chi connectivity index (χ3n) is 2.31. The Morgan fingerprint density at radius 3 is 2.84 bits per heavy atom. The van der Waals surface area contributed by atoms with E-state index in [-0.39, 0.29) is 24.8 Å². The minimum Gasteiger partial charge on any atom is -0.483 e. The number of Topliss-reactive ketones (excluding diaryl/α,β-unsaturated/α-hetero) is 1. The summed E-state index contributed by atoms with van der Waals surface area (Å²) in [6.45, 7) is 1.68. The first kappa shape index (κ1) is 15.1. The standard InChI is InChI=1S/C14H14ClNO3/c1-3-7-16-14(18)9-19-13-6-5-10(15)8-11(13)12(17)4-2/h1,5-6,8H,4,7,9H2,2H3,(H,16,18). The number of nitrogens with one attached hydrogen (secondary N) is 1. The van der Waals surface area contributed by atoms with Crippen LogP contribution < -0.4 is 10.1 Å². The minimum absolute atomic E-state index is 0.0958. The summed E-state index contributed by atoms with van der Waals surface area (Å²) in [6.07, 6.45) is 5.35. The molecule has 4 nitrogen and oxygen atoms in total. The summed E-state index contributed by atoms with van der Waals surface area (Å²) in [5.74, 6) is 2.18. The van der Waals surface area contributed by atoms with Crippen LogP contribution in [0.2, 0.25) is 5.02 Å². The van der Waals surface area contributed by atoms with Crippen molar-refractivity contribution >= 4 is 23.3 Å². The number of carbonyl (C=O) groups excluding carboxylic acids is 2. The van der Waals surface area contributed by atoms with Crippen molar-refractivity contribution < 1.29 is 14.3 Å². The monoisotopic (exact) mass is 279 g/mol. The summed E-state index contributed by atoms with van der Waals surface area (Å²) in [6, 6.07) is 4.70. The number of amides is 1. The molecule has 1 aromatic carbocycles. The Kier molecular flexibility index (Phi) is 5.91. The minimum atomic E-state index is -0.345. The van der Waals surface area contributed by atoms with Gasteiger partial charge < -0.3 is 10.1 Å². The van der Waals surface area contributed by atoms with Gasteiger partial charge in [-0.2, -0.15) is 0 Å². The molecule has 0 bridgehead atoms. The fourth-order valence-corrected chi connectivity index (χ4v) is 1.55. The van der Waals surface area contributed by atoms with Crippen molar-refractivity contribution in [1.29, 1.82) is 0 Å². The predicted octanol–water partition coefficient (Wildman–Crippen LogP) is 2.06. The van der Waals surface area contributed by atoms with Gasteiger partial charge in [-0.05, 0) is 18.2 Å². The molecule has 0 saturated carbocycles. The maximum atomic E-state index is 11.7. The predicted molar refractivity (Wildman–Crippen MR) is 73.4 cm³/mol. The Labute approximate surface area is 117 Å². The van der Waals surface area contributed by atoms with Gasteiger partial charge in [0.1, 0.15) is 5.75 Å². The molecule has 1 amide bonds. The van der Waals surface area contributed by atoms with Crippen LogP contribution in [0.15, 0.2) is 18.2 Å². The Hall–Kier alpha value is -1.99. The molecule has 0 aromatic heterocycles. The average Bonchev–Trinajstić information content (AvgIpc) is 2.42. The second kappa shape index (κ2) is 7.45. The van der Waals surface area contributed by atoms with Crippen LogP contribution in [0.3, 0.4) is 0 Å². The van der Waals surface area contributed by atoms with Gasteiger partial charge in [0.2, 0.25) is 0 Å². The lowest BCUT2D eigenvalue weighted by Crippen LogP contribution is -2.29. The van der Waals surface area contributed by atoms with Gasteiger partial charge >= 0.3 is 0 Å². The van der Waals surface area contributed by atoms with Gasteiger partial charge in [-0.15, -0.1) is 6.42 Å². The second-order valence-corrected chi connectivity index (χ2v) is 4.12. The van der Waals surface area contributed by atoms with Gasteiger partial charge in [-0.25, -0.2) is 0 Å². The highest BCUT2D eigenvalue weighted by Crippen LogP contribution is 2.24. The van der Waals surface area contributed by atoms with E-state index in [4.69, 9.17) is 22.8 Å². The molecular formula is C14H14ClNO3. The zero-order chi connectivity index (χ0) is 14.3. The number of carbonyl (C=O) groups is 2. The van der Waals surface area contributed by atoms with E-state index in [9.17, 15) is 9.59 Å². The number of ether oxygens (including phenoxy) is 1. The van der Waals surface area contributed by atoms with Crippen molar-refractivity contribution in [1.82, 2.24) is 5.32 Å². The normalized spacial score (nSPS) is 9.53. The van der Waals surface area contributed by atoms with Crippen molar-refractivity contribution in [3.05, 3.63) is 28.8 Å². The fraction of sp³-hybridized carbons (Fsp3) is 0.286. The van der Waals surface area contributed by atoms with Crippen LogP contribution in [-0.2, 0) is 4.79 Å². The summed E-state index contributed by atoms with van der Waals surface area (Å²) in [5.41, 5.74) is 0.375. The molecule has 0 atom stereocenters. The lowest BCUT2D eigenvalue weighted by Gasteiger charge is -2.10. The smallest absolute Gasteiger partial charge is 0.258 e. The molecule has 0 unspecified atom stereocenters. The first-order valence-corrected chi connectivity index (χ1v) is 6.12. The molecule has 1 rings (SSSR count). The first-order chi connectivity index (χ1) is 9.08. The molecule has 0 aliphatic heterocycles. The van der Waals surface area contributed by atoms with Crippen LogP contribution in [-0.4, -0.2) is 24.8 Å². The van der Waals surface area contributed by atoms with Crippen molar-refractivity contribution in [3.8, 4) is 18.1 Å². The van der Waals surface area contributed by atoms with E-state index in [2.05, 4.69) is 11.2 Å². The second-order valence-electron chi connectivity index (χ2n) is 3.69. The lowest BCUT2D eigenvalue weighted by molar-refractivity contribution is -0.122. The topological polar surface area (TPSA) is 55.4 Å². The maximum Gasteiger partial charge on any atom is 0.258 e. The lowest BCUT2D eigenvalue weighted by atomic mass is 10.1. The molecular weight excluding hydrogens is 266 g/mol. The van der Waals surface area contributed by atoms with Gasteiger partial charge in [-0.3, -0.25) is 9.59 Å². The quantitative estimate of drug-likeness (QED) is 0.641. The molecule has 0 fully saturated rings. The largest absolute Gasteiger partial charge is 0.483 e. The molecule has 100 valence electrons. The molecule has 1 N–H and O–H groups in total. The van der Waals surface area contributed by atoms with Gasteiger partial charge in [0.25, 0.3) is 5.91 Å². The molecule has 0 radical (unpaired) electrons. The van der Waals surface area contributed by atoms with E-state index in [0.29, 0.717) is 22.8 Å². The zero-order valence-electron chi connectivity index (χ0n) is 10.5. The zero-order valence-corrected chi connectivity index (χ0v) is 11.3. The van der Waals surface area contributed by atoms with Crippen LogP contribution in [0.25, 0.3) is 0 Å². The molecule has 0 spiro atoms. The van der Waals surface area contributed by atoms with E-state index in [1.165, 1.54) is 6.07 Å². The van der Waals surface area contributed by atoms with Crippen molar-refractivity contribution in [2.24, 2.45) is 0 Å². The number of benzene rings is 1. The number of terminal acetylenes is 1. The number of hydrogen-bond acceptors (Lipinski definition) is 3. The summed E-state index contributed by atoms with van der Waals surface area (Å²) >= 11 is 5.84. The molecule has 0 aliphatic rings. The molecule has 0 saturated heterocycles. The number of rotatable bonds is 6. The Morgan fingerprint density at radius 1 is 1.47 bits per heavy atom. The molecule has 19 heavy (non-hydrogen) atoms. The summed E-state index contributed by atoms with van der Waals surface area (Å²) in [4.78, 5) is 23.1. The van der Waals surface area contributed by atoms with E-state index < -0.39 is 0 Å². The number of halogens is 1. The maximum absolute atomic E-state index is 11.7. The van der Waals surface area contributed by atoms with Crippen molar-refractivity contribution in [3.63, 3.8) is 0 Å². The first-order valence-electron chi connectivity index (χ1n) is 5.74. The molecule has 5 heteroatoms. The number of ketones is 1. The Bertz CT molecular complexity index is 520. The van der Waals surface area contributed by atoms with Crippen LogP contribution in [0, 0.1) is 12.3 Å². The highest BCUT2D eigenvalue weighted by atomic mass is 35.5. The highest BCUT2D eigenvalue weighted by Gasteiger charge is 2.12. The third-order valence-corrected chi connectivity index (χ3v) is 2.54. The molecule has 0 heterocycles. The average molecular weight is 280 g/mol. The van der Waals surface area contributed by atoms with E-state index in [1.807, 2.05) is 0 Å². The van der Waals surface area contributed by atoms with Crippen LogP contribution in [0.4, 0.5) is 0 Å². The summed E-state index contributed by atoms with van der Waals surface area (Å²) < 4.78 is 5.31. The van der Waals surface area contributed by atoms with E-state index in [1.54, 1.807) is 19.1 Å². The Morgan fingerprint density at radius 2 is 2.21 bits per heavy atom. The van der Waals surface area contributed by atoms with Gasteiger partial charge in [0, 0.05) is 11.4 Å². The van der Waals surface area contributed by atoms with E-state index >= 15 is 0 Å². The van der Waals surface area contributed by atoms with Crippen molar-refractivity contribution in [2.45, 2.75) is 13.3 Å². The van der Waals surface area contributed by atoms with Crippen LogP contribution in [0.5, 0.6) is 5.75 Å². The fourth-order valence-electron chi connectivity index (χ4n) is 1.38. The van der Waals surface area contributed by atoms with Crippen LogP contribution >= 0.6 is 11.6 Å². The third kappa shape index (κ3) is 4.65. The van der Waals surface area contributed by atoms with Gasteiger partial charge in [-0.1, -0.05) is 24.4 Å². The molecule has 1 aromatic rings. The van der Waals surface area contributed by atoms with Gasteiger partial charge in [0.15, 0.2) is 12.4 Å². The number of hydrogen-bond donors (Lipinski definition) is 1. The Balaban J connectivity index is 2.75. The SMILES string of the molecule is C#CCNC(=O)COc1ccc(Cl)cc1C(=O)CC. The highest BCUT2D eigenvalue weighted by molar-refractivity contribution is 6.31. The van der Waals surface area contributed by atoms with Gasteiger partial charge in [0.05, 0.1) is 12.1 Å². The summed E-state index contributed by atoms with van der Waals surface area (Å²) in [5, 5.41) is 2.91. The summed E-state index contributed by atoms with van der Waals surface area (Å²) in [7, 11) is 0. The van der Waals surface area contributed by atoms with Crippen molar-refractivity contribution in [2.75, 3.05) is 13.2 Å².